The molecule has 2 unspecified atom stereocenters. The average Bonchev–Trinajstić information content (AvgIpc) is 2.91. The van der Waals surface area contributed by atoms with Gasteiger partial charge in [-0.15, -0.1) is 0 Å². The fraction of sp³-hybridized carbons (Fsp3) is 0.938. The highest BCUT2D eigenvalue weighted by molar-refractivity contribution is 8.00. The van der Waals surface area contributed by atoms with Crippen molar-refractivity contribution in [2.24, 2.45) is 4.99 Å². The van der Waals surface area contributed by atoms with Gasteiger partial charge < -0.3 is 20.3 Å². The van der Waals surface area contributed by atoms with Crippen molar-refractivity contribution in [1.29, 1.82) is 0 Å². The Balaban J connectivity index is 2.33. The van der Waals surface area contributed by atoms with Crippen molar-refractivity contribution in [3.8, 4) is 0 Å². The fourth-order valence-electron chi connectivity index (χ4n) is 2.56. The van der Waals surface area contributed by atoms with E-state index in [0.717, 1.165) is 38.6 Å². The molecule has 0 radical (unpaired) electrons. The quantitative estimate of drug-likeness (QED) is 0.499. The van der Waals surface area contributed by atoms with Crippen LogP contribution in [0, 0.1) is 0 Å². The van der Waals surface area contributed by atoms with E-state index in [2.05, 4.69) is 53.3 Å². The maximum Gasteiger partial charge on any atom is 0.191 e. The van der Waals surface area contributed by atoms with E-state index in [-0.39, 0.29) is 6.10 Å². The lowest BCUT2D eigenvalue weighted by Gasteiger charge is -2.25. The number of hydrogen-bond donors (Lipinski definition) is 2. The van der Waals surface area contributed by atoms with Gasteiger partial charge in [-0.05, 0) is 53.0 Å². The molecule has 0 amide bonds. The highest BCUT2D eigenvalue weighted by Crippen LogP contribution is 2.36. The number of rotatable bonds is 9. The van der Waals surface area contributed by atoms with Crippen LogP contribution in [0.1, 0.15) is 33.1 Å². The van der Waals surface area contributed by atoms with Crippen molar-refractivity contribution in [3.05, 3.63) is 0 Å². The summed E-state index contributed by atoms with van der Waals surface area (Å²) in [7, 11) is 6.02. The van der Waals surface area contributed by atoms with E-state index in [9.17, 15) is 0 Å². The second-order valence-electron chi connectivity index (χ2n) is 6.38. The van der Waals surface area contributed by atoms with Crippen LogP contribution >= 0.6 is 11.8 Å². The third-order valence-corrected chi connectivity index (χ3v) is 5.49. The summed E-state index contributed by atoms with van der Waals surface area (Å²) in [4.78, 5) is 6.52. The molecule has 1 heterocycles. The van der Waals surface area contributed by atoms with Crippen LogP contribution in [-0.4, -0.2) is 74.8 Å². The van der Waals surface area contributed by atoms with Gasteiger partial charge in [0.15, 0.2) is 5.96 Å². The smallest absolute Gasteiger partial charge is 0.191 e. The van der Waals surface area contributed by atoms with E-state index in [0.29, 0.717) is 4.75 Å². The van der Waals surface area contributed by atoms with Crippen LogP contribution in [-0.2, 0) is 4.74 Å². The molecule has 22 heavy (non-hydrogen) atoms. The minimum absolute atomic E-state index is 0.224. The molecule has 0 saturated carbocycles. The number of guanidine groups is 1. The lowest BCUT2D eigenvalue weighted by Crippen LogP contribution is -2.46. The van der Waals surface area contributed by atoms with E-state index < -0.39 is 0 Å². The number of nitrogens with zero attached hydrogens (tertiary/aromatic N) is 2. The van der Waals surface area contributed by atoms with E-state index in [1.807, 2.05) is 14.0 Å². The van der Waals surface area contributed by atoms with Gasteiger partial charge in [0.1, 0.15) is 0 Å². The monoisotopic (exact) mass is 330 g/mol. The molecule has 5 nitrogen and oxygen atoms in total. The van der Waals surface area contributed by atoms with E-state index in [1.165, 1.54) is 18.6 Å². The molecule has 2 atom stereocenters. The van der Waals surface area contributed by atoms with Crippen molar-refractivity contribution in [2.75, 3.05) is 53.1 Å². The Hall–Kier alpha value is -0.460. The SMILES string of the molecule is CCOC(CCN(C)C)CNC(=NC)NCC1(C)CCCS1. The second kappa shape index (κ2) is 10.3. The first-order chi connectivity index (χ1) is 10.5. The summed E-state index contributed by atoms with van der Waals surface area (Å²) in [5, 5.41) is 6.87. The van der Waals surface area contributed by atoms with Gasteiger partial charge in [0, 0.05) is 38.0 Å². The Morgan fingerprint density at radius 3 is 2.73 bits per heavy atom. The number of thioether (sulfide) groups is 1. The van der Waals surface area contributed by atoms with Gasteiger partial charge >= 0.3 is 0 Å². The first kappa shape index (κ1) is 19.6. The Kier molecular flexibility index (Phi) is 9.21. The third kappa shape index (κ3) is 7.70. The van der Waals surface area contributed by atoms with Gasteiger partial charge in [-0.2, -0.15) is 11.8 Å². The van der Waals surface area contributed by atoms with Crippen LogP contribution in [0.2, 0.25) is 0 Å². The van der Waals surface area contributed by atoms with E-state index in [1.54, 1.807) is 0 Å². The lowest BCUT2D eigenvalue weighted by molar-refractivity contribution is 0.0548. The molecule has 1 fully saturated rings. The van der Waals surface area contributed by atoms with Crippen LogP contribution in [0.25, 0.3) is 0 Å². The zero-order valence-electron chi connectivity index (χ0n) is 14.9. The van der Waals surface area contributed by atoms with E-state index in [4.69, 9.17) is 4.74 Å². The Labute approximate surface area is 140 Å². The maximum absolute atomic E-state index is 5.81. The molecule has 2 N–H and O–H groups in total. The highest BCUT2D eigenvalue weighted by Gasteiger charge is 2.29. The number of aliphatic imine (C=N–C) groups is 1. The normalized spacial score (nSPS) is 23.8. The fourth-order valence-corrected chi connectivity index (χ4v) is 3.80. The predicted octanol–water partition coefficient (Wildman–Crippen LogP) is 1.79. The number of ether oxygens (including phenoxy) is 1. The molecule has 1 saturated heterocycles. The standard InChI is InChI=1S/C16H34N4OS/c1-6-21-14(8-10-20(4)5)12-18-15(17-3)19-13-16(2)9-7-11-22-16/h14H,6-13H2,1-5H3,(H2,17,18,19). The minimum Gasteiger partial charge on any atom is -0.377 e. The van der Waals surface area contributed by atoms with Crippen LogP contribution < -0.4 is 10.6 Å². The van der Waals surface area contributed by atoms with Crippen molar-refractivity contribution >= 4 is 17.7 Å². The molecule has 1 rings (SSSR count). The van der Waals surface area contributed by atoms with Crippen molar-refractivity contribution in [1.82, 2.24) is 15.5 Å². The predicted molar refractivity (Wildman–Crippen MR) is 98.0 cm³/mol. The first-order valence-electron chi connectivity index (χ1n) is 8.34. The van der Waals surface area contributed by atoms with Crippen LogP contribution in [0.4, 0.5) is 0 Å². The van der Waals surface area contributed by atoms with Gasteiger partial charge in [0.25, 0.3) is 0 Å². The van der Waals surface area contributed by atoms with Gasteiger partial charge in [0.05, 0.1) is 6.10 Å². The molecule has 0 bridgehead atoms. The molecule has 0 aliphatic carbocycles. The maximum atomic E-state index is 5.81. The molecule has 0 aromatic rings. The molecular formula is C16H34N4OS. The third-order valence-electron chi connectivity index (χ3n) is 3.95. The van der Waals surface area contributed by atoms with E-state index >= 15 is 0 Å². The van der Waals surface area contributed by atoms with Crippen molar-refractivity contribution < 1.29 is 4.74 Å². The Morgan fingerprint density at radius 2 is 2.18 bits per heavy atom. The summed E-state index contributed by atoms with van der Waals surface area (Å²) in [6.07, 6.45) is 3.86. The number of hydrogen-bond acceptors (Lipinski definition) is 4. The van der Waals surface area contributed by atoms with Crippen LogP contribution in [0.15, 0.2) is 4.99 Å². The molecule has 1 aliphatic heterocycles. The van der Waals surface area contributed by atoms with Gasteiger partial charge in [-0.1, -0.05) is 0 Å². The van der Waals surface area contributed by atoms with Crippen molar-refractivity contribution in [2.45, 2.75) is 44.0 Å². The summed E-state index contributed by atoms with van der Waals surface area (Å²) >= 11 is 2.07. The summed E-state index contributed by atoms with van der Waals surface area (Å²) in [6, 6.07) is 0. The topological polar surface area (TPSA) is 48.9 Å². The molecule has 6 heteroatoms. The molecule has 0 aromatic heterocycles. The summed E-state index contributed by atoms with van der Waals surface area (Å²) in [5.74, 6) is 2.16. The lowest BCUT2D eigenvalue weighted by atomic mass is 10.1. The average molecular weight is 331 g/mol. The summed E-state index contributed by atoms with van der Waals surface area (Å²) in [5.41, 5.74) is 0. The van der Waals surface area contributed by atoms with Gasteiger partial charge in [-0.3, -0.25) is 4.99 Å². The zero-order chi connectivity index (χ0) is 16.4. The number of nitrogens with one attached hydrogen (secondary N) is 2. The molecule has 130 valence electrons. The van der Waals surface area contributed by atoms with Crippen LogP contribution in [0.3, 0.4) is 0 Å². The zero-order valence-corrected chi connectivity index (χ0v) is 15.8. The molecular weight excluding hydrogens is 296 g/mol. The molecule has 1 aliphatic rings. The van der Waals surface area contributed by atoms with Crippen molar-refractivity contribution in [3.63, 3.8) is 0 Å². The summed E-state index contributed by atoms with van der Waals surface area (Å²) in [6.45, 7) is 7.94. The van der Waals surface area contributed by atoms with Gasteiger partial charge in [-0.25, -0.2) is 0 Å². The highest BCUT2D eigenvalue weighted by atomic mass is 32.2. The van der Waals surface area contributed by atoms with Gasteiger partial charge in [0.2, 0.25) is 0 Å². The first-order valence-corrected chi connectivity index (χ1v) is 9.32. The largest absolute Gasteiger partial charge is 0.377 e. The summed E-state index contributed by atoms with van der Waals surface area (Å²) < 4.78 is 6.16. The molecule has 0 spiro atoms. The second-order valence-corrected chi connectivity index (χ2v) is 8.06. The minimum atomic E-state index is 0.224. The van der Waals surface area contributed by atoms with Crippen LogP contribution in [0.5, 0.6) is 0 Å². The Bertz CT molecular complexity index is 330. The Morgan fingerprint density at radius 1 is 1.41 bits per heavy atom. The molecule has 0 aromatic carbocycles.